The van der Waals surface area contributed by atoms with Crippen molar-refractivity contribution < 1.29 is 0 Å². The Hall–Kier alpha value is -0.870. The standard InChI is InChI=1S/C18H24N2S2/c1-15-10-16(2)12-17(11-15)4-5-18(21-8-3-9-22-18)13-20-7-6-19-14-20/h6-7,10-12,14H,3-5,8-9,13H2,1-2H3. The number of aromatic nitrogens is 2. The highest BCUT2D eigenvalue weighted by atomic mass is 32.2. The lowest BCUT2D eigenvalue weighted by Gasteiger charge is -2.36. The zero-order chi connectivity index (χ0) is 15.4. The largest absolute Gasteiger partial charge is 0.335 e. The molecule has 0 unspecified atom stereocenters. The molecule has 118 valence electrons. The van der Waals surface area contributed by atoms with E-state index in [1.54, 1.807) is 0 Å². The molecule has 2 heterocycles. The normalized spacial score (nSPS) is 17.5. The van der Waals surface area contributed by atoms with Gasteiger partial charge >= 0.3 is 0 Å². The van der Waals surface area contributed by atoms with Crippen LogP contribution in [0.4, 0.5) is 0 Å². The molecule has 2 aromatic rings. The molecule has 1 aromatic carbocycles. The predicted octanol–water partition coefficient (Wildman–Crippen LogP) is 4.70. The first-order valence-electron chi connectivity index (χ1n) is 7.96. The fourth-order valence-electron chi connectivity index (χ4n) is 3.14. The molecule has 0 spiro atoms. The smallest absolute Gasteiger partial charge is 0.0946 e. The van der Waals surface area contributed by atoms with Crippen molar-refractivity contribution in [2.45, 2.75) is 43.7 Å². The minimum Gasteiger partial charge on any atom is -0.335 e. The summed E-state index contributed by atoms with van der Waals surface area (Å²) >= 11 is 4.30. The molecule has 0 bridgehead atoms. The van der Waals surface area contributed by atoms with Crippen LogP contribution in [0.3, 0.4) is 0 Å². The van der Waals surface area contributed by atoms with Gasteiger partial charge in [-0.25, -0.2) is 4.98 Å². The van der Waals surface area contributed by atoms with Gasteiger partial charge in [0.15, 0.2) is 0 Å². The molecule has 3 rings (SSSR count). The average molecular weight is 333 g/mol. The number of hydrogen-bond donors (Lipinski definition) is 0. The fraction of sp³-hybridized carbons (Fsp3) is 0.500. The number of rotatable bonds is 5. The first kappa shape index (κ1) is 16.0. The highest BCUT2D eigenvalue weighted by molar-refractivity contribution is 8.18. The van der Waals surface area contributed by atoms with Crippen molar-refractivity contribution in [3.8, 4) is 0 Å². The van der Waals surface area contributed by atoms with Gasteiger partial charge in [-0.15, -0.1) is 23.5 Å². The van der Waals surface area contributed by atoms with Crippen LogP contribution in [0.5, 0.6) is 0 Å². The van der Waals surface area contributed by atoms with Crippen LogP contribution >= 0.6 is 23.5 Å². The van der Waals surface area contributed by atoms with E-state index in [2.05, 4.69) is 71.3 Å². The summed E-state index contributed by atoms with van der Waals surface area (Å²) in [5, 5.41) is 0. The van der Waals surface area contributed by atoms with Crippen molar-refractivity contribution in [2.75, 3.05) is 11.5 Å². The summed E-state index contributed by atoms with van der Waals surface area (Å²) in [6.07, 6.45) is 9.66. The Balaban J connectivity index is 1.72. The number of hydrogen-bond acceptors (Lipinski definition) is 3. The molecule has 1 aliphatic rings. The molecule has 0 saturated carbocycles. The maximum absolute atomic E-state index is 4.20. The second-order valence-electron chi connectivity index (χ2n) is 6.19. The third-order valence-electron chi connectivity index (χ3n) is 4.08. The molecular formula is C18H24N2S2. The van der Waals surface area contributed by atoms with Crippen molar-refractivity contribution in [3.05, 3.63) is 53.6 Å². The summed E-state index contributed by atoms with van der Waals surface area (Å²) in [6, 6.07) is 6.95. The molecule has 1 fully saturated rings. The molecule has 0 N–H and O–H groups in total. The first-order valence-corrected chi connectivity index (χ1v) is 9.93. The van der Waals surface area contributed by atoms with Gasteiger partial charge in [0.25, 0.3) is 0 Å². The molecule has 4 heteroatoms. The molecule has 0 aliphatic carbocycles. The van der Waals surface area contributed by atoms with Gasteiger partial charge in [-0.1, -0.05) is 29.3 Å². The van der Waals surface area contributed by atoms with Crippen LogP contribution < -0.4 is 0 Å². The van der Waals surface area contributed by atoms with Gasteiger partial charge in [-0.3, -0.25) is 0 Å². The molecule has 1 aromatic heterocycles. The quantitative estimate of drug-likeness (QED) is 0.790. The number of thioether (sulfide) groups is 2. The highest BCUT2D eigenvalue weighted by Gasteiger charge is 2.33. The predicted molar refractivity (Wildman–Crippen MR) is 98.7 cm³/mol. The van der Waals surface area contributed by atoms with Gasteiger partial charge in [0.1, 0.15) is 0 Å². The summed E-state index contributed by atoms with van der Waals surface area (Å²) in [7, 11) is 0. The molecule has 0 radical (unpaired) electrons. The van der Waals surface area contributed by atoms with Crippen LogP contribution in [-0.2, 0) is 13.0 Å². The third kappa shape index (κ3) is 4.11. The van der Waals surface area contributed by atoms with Crippen LogP contribution in [0.1, 0.15) is 29.5 Å². The second-order valence-corrected chi connectivity index (χ2v) is 9.41. The van der Waals surface area contributed by atoms with E-state index >= 15 is 0 Å². The van der Waals surface area contributed by atoms with E-state index in [0.717, 1.165) is 13.0 Å². The van der Waals surface area contributed by atoms with Crippen molar-refractivity contribution in [2.24, 2.45) is 0 Å². The van der Waals surface area contributed by atoms with Gasteiger partial charge in [0.05, 0.1) is 10.4 Å². The van der Waals surface area contributed by atoms with Crippen molar-refractivity contribution in [1.29, 1.82) is 0 Å². The first-order chi connectivity index (χ1) is 10.7. The lowest BCUT2D eigenvalue weighted by atomic mass is 10.0. The zero-order valence-electron chi connectivity index (χ0n) is 13.4. The average Bonchev–Trinajstić information content (AvgIpc) is 2.98. The van der Waals surface area contributed by atoms with Gasteiger partial charge in [0, 0.05) is 18.9 Å². The monoisotopic (exact) mass is 332 g/mol. The van der Waals surface area contributed by atoms with Crippen LogP contribution in [0.15, 0.2) is 36.9 Å². The van der Waals surface area contributed by atoms with Crippen molar-refractivity contribution in [1.82, 2.24) is 9.55 Å². The zero-order valence-corrected chi connectivity index (χ0v) is 15.1. The number of nitrogens with zero attached hydrogens (tertiary/aromatic N) is 2. The van der Waals surface area contributed by atoms with E-state index in [1.165, 1.54) is 41.0 Å². The molecule has 0 amide bonds. The molecule has 1 aliphatic heterocycles. The Morgan fingerprint density at radius 3 is 2.50 bits per heavy atom. The molecule has 2 nitrogen and oxygen atoms in total. The van der Waals surface area contributed by atoms with E-state index in [4.69, 9.17) is 0 Å². The lowest BCUT2D eigenvalue weighted by molar-refractivity contribution is 0.586. The summed E-state index contributed by atoms with van der Waals surface area (Å²) in [5.41, 5.74) is 4.24. The summed E-state index contributed by atoms with van der Waals surface area (Å²) in [6.45, 7) is 5.46. The van der Waals surface area contributed by atoms with Crippen molar-refractivity contribution in [3.63, 3.8) is 0 Å². The second kappa shape index (κ2) is 7.14. The number of aryl methyl sites for hydroxylation is 3. The Kier molecular flexibility index (Phi) is 5.19. The van der Waals surface area contributed by atoms with Gasteiger partial charge in [0.2, 0.25) is 0 Å². The number of benzene rings is 1. The van der Waals surface area contributed by atoms with Crippen LogP contribution in [-0.4, -0.2) is 25.1 Å². The van der Waals surface area contributed by atoms with Crippen molar-refractivity contribution >= 4 is 23.5 Å². The highest BCUT2D eigenvalue weighted by Crippen LogP contribution is 2.46. The topological polar surface area (TPSA) is 17.8 Å². The SMILES string of the molecule is Cc1cc(C)cc(CCC2(Cn3ccnc3)SCCCS2)c1. The molecule has 22 heavy (non-hydrogen) atoms. The van der Waals surface area contributed by atoms with Crippen LogP contribution in [0.2, 0.25) is 0 Å². The Morgan fingerprint density at radius 2 is 1.86 bits per heavy atom. The van der Waals surface area contributed by atoms with Gasteiger partial charge in [-0.2, -0.15) is 0 Å². The van der Waals surface area contributed by atoms with Crippen LogP contribution in [0.25, 0.3) is 0 Å². The Labute approximate surface area is 142 Å². The molecule has 1 saturated heterocycles. The molecular weight excluding hydrogens is 308 g/mol. The van der Waals surface area contributed by atoms with Crippen LogP contribution in [0, 0.1) is 13.8 Å². The Morgan fingerprint density at radius 1 is 1.14 bits per heavy atom. The van der Waals surface area contributed by atoms with E-state index < -0.39 is 0 Å². The van der Waals surface area contributed by atoms with Gasteiger partial charge < -0.3 is 4.57 Å². The third-order valence-corrected chi connectivity index (χ3v) is 7.49. The maximum atomic E-state index is 4.20. The van der Waals surface area contributed by atoms with Gasteiger partial charge in [-0.05, 0) is 50.2 Å². The Bertz CT molecular complexity index is 581. The molecule has 0 atom stereocenters. The van der Waals surface area contributed by atoms with E-state index in [-0.39, 0.29) is 0 Å². The van der Waals surface area contributed by atoms with E-state index in [0.29, 0.717) is 4.08 Å². The minimum absolute atomic E-state index is 0.302. The fourth-order valence-corrected chi connectivity index (χ4v) is 6.45. The lowest BCUT2D eigenvalue weighted by Crippen LogP contribution is -2.31. The minimum atomic E-state index is 0.302. The number of imidazole rings is 1. The maximum Gasteiger partial charge on any atom is 0.0946 e. The van der Waals surface area contributed by atoms with E-state index in [1.807, 2.05) is 12.5 Å². The summed E-state index contributed by atoms with van der Waals surface area (Å²) in [4.78, 5) is 4.20. The summed E-state index contributed by atoms with van der Waals surface area (Å²) < 4.78 is 2.55. The summed E-state index contributed by atoms with van der Waals surface area (Å²) in [5.74, 6) is 2.57. The van der Waals surface area contributed by atoms with E-state index in [9.17, 15) is 0 Å².